The predicted molar refractivity (Wildman–Crippen MR) is 44.8 cm³/mol. The van der Waals surface area contributed by atoms with Crippen LogP contribution in [-0.2, 0) is 0 Å². The molecule has 0 saturated carbocycles. The molecule has 1 heteroatoms. The highest BCUT2D eigenvalue weighted by molar-refractivity contribution is 7.07. The van der Waals surface area contributed by atoms with Crippen LogP contribution in [0.1, 0.15) is 13.8 Å². The van der Waals surface area contributed by atoms with Crippen LogP contribution in [0, 0.1) is 0 Å². The predicted octanol–water partition coefficient (Wildman–Crippen LogP) is 3.33. The molecule has 0 aliphatic carbocycles. The van der Waals surface area contributed by atoms with Gasteiger partial charge in [-0.2, -0.15) is 11.3 Å². The lowest BCUT2D eigenvalue weighted by molar-refractivity contribution is 1.42. The van der Waals surface area contributed by atoms with E-state index in [0.29, 0.717) is 0 Å². The minimum Gasteiger partial charge on any atom is -0.152 e. The van der Waals surface area contributed by atoms with Gasteiger partial charge in [0.1, 0.15) is 0 Å². The molecule has 0 aromatic carbocycles. The summed E-state index contributed by atoms with van der Waals surface area (Å²) in [5.74, 6) is 0. The Morgan fingerprint density at radius 1 is 1.22 bits per heavy atom. The molecule has 0 bridgehead atoms. The zero-order valence-electron chi connectivity index (χ0n) is 5.92. The second kappa shape index (κ2) is 5.57. The average molecular weight is 140 g/mol. The Morgan fingerprint density at radius 3 is 1.67 bits per heavy atom. The van der Waals surface area contributed by atoms with Crippen LogP contribution >= 0.6 is 11.3 Å². The van der Waals surface area contributed by atoms with E-state index < -0.39 is 0 Å². The van der Waals surface area contributed by atoms with Crippen molar-refractivity contribution in [3.05, 3.63) is 35.0 Å². The molecule has 0 N–H and O–H groups in total. The molecule has 0 atom stereocenters. The summed E-state index contributed by atoms with van der Waals surface area (Å²) in [5, 5.41) is 4.08. The van der Waals surface area contributed by atoms with E-state index in [2.05, 4.69) is 6.58 Å². The maximum absolute atomic E-state index is 3.56. The number of thiophene rings is 1. The SMILES string of the molecule is C=C(C)C.c1ccsc1. The standard InChI is InChI=1S/C4H4S.C4H8/c1-2-4-5-3-1;1-4(2)3/h1-4H;1H2,2-3H3. The van der Waals surface area contributed by atoms with Crippen LogP contribution in [0.2, 0.25) is 0 Å². The summed E-state index contributed by atoms with van der Waals surface area (Å²) in [7, 11) is 0. The molecule has 0 aliphatic heterocycles. The first kappa shape index (κ1) is 8.44. The summed E-state index contributed by atoms with van der Waals surface area (Å²) in [4.78, 5) is 0. The lowest BCUT2D eigenvalue weighted by Crippen LogP contribution is -1.43. The van der Waals surface area contributed by atoms with Gasteiger partial charge in [0.05, 0.1) is 0 Å². The van der Waals surface area contributed by atoms with E-state index >= 15 is 0 Å². The third kappa shape index (κ3) is 11.2. The molecule has 1 aromatic heterocycles. The normalized spacial score (nSPS) is 7.33. The zero-order valence-corrected chi connectivity index (χ0v) is 6.74. The summed E-state index contributed by atoms with van der Waals surface area (Å²) in [6.07, 6.45) is 0. The summed E-state index contributed by atoms with van der Waals surface area (Å²) >= 11 is 1.71. The number of hydrogen-bond acceptors (Lipinski definition) is 1. The van der Waals surface area contributed by atoms with E-state index in [9.17, 15) is 0 Å². The monoisotopic (exact) mass is 140 g/mol. The molecule has 1 aromatic rings. The van der Waals surface area contributed by atoms with E-state index in [1.807, 2.05) is 36.7 Å². The highest BCUT2D eigenvalue weighted by Gasteiger charge is 1.58. The van der Waals surface area contributed by atoms with Crippen LogP contribution < -0.4 is 0 Å². The molecular formula is C8H12S. The Morgan fingerprint density at radius 2 is 1.56 bits per heavy atom. The van der Waals surface area contributed by atoms with E-state index in [1.165, 1.54) is 5.57 Å². The van der Waals surface area contributed by atoms with Gasteiger partial charge in [0.2, 0.25) is 0 Å². The molecule has 0 fully saturated rings. The minimum absolute atomic E-state index is 1.17. The number of allylic oxidation sites excluding steroid dienone is 1. The van der Waals surface area contributed by atoms with Gasteiger partial charge >= 0.3 is 0 Å². The Labute approximate surface area is 60.8 Å². The smallest absolute Gasteiger partial charge is 0.00934 e. The van der Waals surface area contributed by atoms with Crippen molar-refractivity contribution < 1.29 is 0 Å². The average Bonchev–Trinajstić information content (AvgIpc) is 2.11. The molecule has 0 saturated heterocycles. The van der Waals surface area contributed by atoms with Gasteiger partial charge in [-0.3, -0.25) is 0 Å². The van der Waals surface area contributed by atoms with Crippen molar-refractivity contribution in [1.82, 2.24) is 0 Å². The van der Waals surface area contributed by atoms with E-state index in [-0.39, 0.29) is 0 Å². The first-order chi connectivity index (χ1) is 4.23. The molecule has 0 spiro atoms. The summed E-state index contributed by atoms with van der Waals surface area (Å²) in [6, 6.07) is 4.04. The van der Waals surface area contributed by atoms with Gasteiger partial charge in [0.15, 0.2) is 0 Å². The van der Waals surface area contributed by atoms with Crippen molar-refractivity contribution in [3.63, 3.8) is 0 Å². The lowest BCUT2D eigenvalue weighted by Gasteiger charge is -1.65. The zero-order chi connectivity index (χ0) is 7.11. The Kier molecular flexibility index (Phi) is 5.23. The minimum atomic E-state index is 1.17. The van der Waals surface area contributed by atoms with E-state index in [4.69, 9.17) is 0 Å². The largest absolute Gasteiger partial charge is 0.152 e. The highest BCUT2D eigenvalue weighted by atomic mass is 32.1. The quantitative estimate of drug-likeness (QED) is 0.485. The Hall–Kier alpha value is -0.560. The van der Waals surface area contributed by atoms with Crippen LogP contribution in [0.3, 0.4) is 0 Å². The van der Waals surface area contributed by atoms with Gasteiger partial charge in [0, 0.05) is 0 Å². The molecule has 0 amide bonds. The van der Waals surface area contributed by atoms with Gasteiger partial charge < -0.3 is 0 Å². The van der Waals surface area contributed by atoms with E-state index in [0.717, 1.165) is 0 Å². The highest BCUT2D eigenvalue weighted by Crippen LogP contribution is 1.91. The summed E-state index contributed by atoms with van der Waals surface area (Å²) in [6.45, 7) is 7.50. The van der Waals surface area contributed by atoms with Gasteiger partial charge in [0.25, 0.3) is 0 Å². The molecule has 1 rings (SSSR count). The van der Waals surface area contributed by atoms with Crippen molar-refractivity contribution in [2.45, 2.75) is 13.8 Å². The van der Waals surface area contributed by atoms with Crippen molar-refractivity contribution in [1.29, 1.82) is 0 Å². The first-order valence-electron chi connectivity index (χ1n) is 2.82. The third-order valence-corrected chi connectivity index (χ3v) is 1.05. The molecular weight excluding hydrogens is 128 g/mol. The van der Waals surface area contributed by atoms with Crippen LogP contribution in [-0.4, -0.2) is 0 Å². The fourth-order valence-electron chi connectivity index (χ4n) is 0.227. The van der Waals surface area contributed by atoms with Crippen LogP contribution in [0.15, 0.2) is 35.0 Å². The maximum Gasteiger partial charge on any atom is -0.00934 e. The fourth-order valence-corrected chi connectivity index (χ4v) is 0.680. The summed E-state index contributed by atoms with van der Waals surface area (Å²) < 4.78 is 0. The molecule has 50 valence electrons. The molecule has 0 radical (unpaired) electrons. The second-order valence-corrected chi connectivity index (χ2v) is 2.82. The molecule has 0 aliphatic rings. The van der Waals surface area contributed by atoms with Crippen molar-refractivity contribution in [2.75, 3.05) is 0 Å². The molecule has 0 nitrogen and oxygen atoms in total. The maximum atomic E-state index is 3.56. The fraction of sp³-hybridized carbons (Fsp3) is 0.250. The molecule has 0 unspecified atom stereocenters. The molecule has 1 heterocycles. The number of hydrogen-bond donors (Lipinski definition) is 0. The van der Waals surface area contributed by atoms with Gasteiger partial charge in [-0.25, -0.2) is 0 Å². The van der Waals surface area contributed by atoms with Crippen LogP contribution in [0.5, 0.6) is 0 Å². The van der Waals surface area contributed by atoms with Crippen LogP contribution in [0.25, 0.3) is 0 Å². The van der Waals surface area contributed by atoms with Crippen molar-refractivity contribution in [3.8, 4) is 0 Å². The Bertz CT molecular complexity index is 118. The Balaban J connectivity index is 0.000000148. The number of rotatable bonds is 0. The second-order valence-electron chi connectivity index (χ2n) is 2.00. The van der Waals surface area contributed by atoms with Gasteiger partial charge in [-0.05, 0) is 24.6 Å². The van der Waals surface area contributed by atoms with Crippen LogP contribution in [0.4, 0.5) is 0 Å². The van der Waals surface area contributed by atoms with Gasteiger partial charge in [-0.1, -0.05) is 17.7 Å². The van der Waals surface area contributed by atoms with Crippen molar-refractivity contribution >= 4 is 11.3 Å². The topological polar surface area (TPSA) is 0 Å². The third-order valence-electron chi connectivity index (χ3n) is 0.425. The molecule has 9 heavy (non-hydrogen) atoms. The van der Waals surface area contributed by atoms with Gasteiger partial charge in [-0.15, -0.1) is 6.58 Å². The summed E-state index contributed by atoms with van der Waals surface area (Å²) in [5.41, 5.74) is 1.17. The first-order valence-corrected chi connectivity index (χ1v) is 3.77. The van der Waals surface area contributed by atoms with E-state index in [1.54, 1.807) is 11.3 Å². The lowest BCUT2D eigenvalue weighted by atomic mass is 10.4. The van der Waals surface area contributed by atoms with Crippen molar-refractivity contribution in [2.24, 2.45) is 0 Å².